The molecule has 1 aromatic heterocycles. The Morgan fingerprint density at radius 3 is 2.60 bits per heavy atom. The molecular formula is C17H15ClF3N3O. The number of nitriles is 1. The highest BCUT2D eigenvalue weighted by Crippen LogP contribution is 2.53. The zero-order valence-corrected chi connectivity index (χ0v) is 13.8. The lowest BCUT2D eigenvalue weighted by atomic mass is 9.86. The third-order valence-electron chi connectivity index (χ3n) is 4.59. The zero-order valence-electron chi connectivity index (χ0n) is 13.1. The molecular weight excluding hydrogens is 355 g/mol. The molecule has 1 aliphatic rings. The van der Waals surface area contributed by atoms with Crippen LogP contribution in [0.4, 0.5) is 13.2 Å². The lowest BCUT2D eigenvalue weighted by molar-refractivity contribution is -0.138. The summed E-state index contributed by atoms with van der Waals surface area (Å²) in [5.74, 6) is 0. The Labute approximate surface area is 147 Å². The number of aromatic nitrogens is 2. The number of halogens is 4. The first-order valence-corrected chi connectivity index (χ1v) is 8.03. The number of hydrogen-bond donors (Lipinski definition) is 1. The van der Waals surface area contributed by atoms with Gasteiger partial charge in [0.2, 0.25) is 0 Å². The fourth-order valence-electron chi connectivity index (χ4n) is 3.02. The molecule has 0 amide bonds. The number of nitrogens with zero attached hydrogens (tertiary/aromatic N) is 3. The molecule has 0 radical (unpaired) electrons. The molecule has 1 aromatic carbocycles. The SMILES string of the molecule is N#Cc1cncn1CC(O)(Cc1ccccc1C(F)(F)F)C1(Cl)CC1. The summed E-state index contributed by atoms with van der Waals surface area (Å²) in [4.78, 5) is 2.84. The summed E-state index contributed by atoms with van der Waals surface area (Å²) in [6.45, 7) is -0.106. The molecule has 0 saturated heterocycles. The van der Waals surface area contributed by atoms with Crippen LogP contribution in [0.25, 0.3) is 0 Å². The Hall–Kier alpha value is -2.04. The van der Waals surface area contributed by atoms with E-state index >= 15 is 0 Å². The third kappa shape index (κ3) is 3.37. The number of alkyl halides is 4. The lowest BCUT2D eigenvalue weighted by Crippen LogP contribution is -2.47. The van der Waals surface area contributed by atoms with Crippen LogP contribution in [-0.2, 0) is 19.1 Å². The van der Waals surface area contributed by atoms with Gasteiger partial charge in [0, 0.05) is 6.42 Å². The highest BCUT2D eigenvalue weighted by atomic mass is 35.5. The molecule has 132 valence electrons. The van der Waals surface area contributed by atoms with Crippen LogP contribution >= 0.6 is 11.6 Å². The smallest absolute Gasteiger partial charge is 0.386 e. The van der Waals surface area contributed by atoms with Crippen molar-refractivity contribution >= 4 is 11.6 Å². The van der Waals surface area contributed by atoms with Gasteiger partial charge in [-0.15, -0.1) is 11.6 Å². The summed E-state index contributed by atoms with van der Waals surface area (Å²) in [5, 5.41) is 20.3. The molecule has 1 N–H and O–H groups in total. The lowest BCUT2D eigenvalue weighted by Gasteiger charge is -2.34. The molecule has 2 aromatic rings. The van der Waals surface area contributed by atoms with E-state index in [9.17, 15) is 18.3 Å². The van der Waals surface area contributed by atoms with E-state index in [2.05, 4.69) is 4.98 Å². The van der Waals surface area contributed by atoms with Crippen molar-refractivity contribution in [3.63, 3.8) is 0 Å². The van der Waals surface area contributed by atoms with Gasteiger partial charge < -0.3 is 9.67 Å². The second kappa shape index (κ2) is 6.04. The summed E-state index contributed by atoms with van der Waals surface area (Å²) in [7, 11) is 0. The molecule has 0 spiro atoms. The fourth-order valence-corrected chi connectivity index (χ4v) is 3.24. The van der Waals surface area contributed by atoms with E-state index in [1.54, 1.807) is 0 Å². The van der Waals surface area contributed by atoms with Crippen molar-refractivity contribution in [2.45, 2.75) is 42.5 Å². The van der Waals surface area contributed by atoms with Crippen LogP contribution in [0.2, 0.25) is 0 Å². The Morgan fingerprint density at radius 2 is 2.00 bits per heavy atom. The van der Waals surface area contributed by atoms with Gasteiger partial charge in [0.25, 0.3) is 0 Å². The zero-order chi connectivity index (χ0) is 18.3. The van der Waals surface area contributed by atoms with Crippen LogP contribution in [0.15, 0.2) is 36.8 Å². The van der Waals surface area contributed by atoms with E-state index < -0.39 is 22.2 Å². The Kier molecular flexibility index (Phi) is 4.30. The predicted octanol–water partition coefficient (Wildman–Crippen LogP) is 3.52. The van der Waals surface area contributed by atoms with Gasteiger partial charge in [0.15, 0.2) is 0 Å². The summed E-state index contributed by atoms with van der Waals surface area (Å²) in [6.07, 6.45) is -1.10. The molecule has 1 heterocycles. The van der Waals surface area contributed by atoms with Gasteiger partial charge >= 0.3 is 6.18 Å². The molecule has 4 nitrogen and oxygen atoms in total. The maximum absolute atomic E-state index is 13.3. The Morgan fingerprint density at radius 1 is 1.32 bits per heavy atom. The minimum absolute atomic E-state index is 0.0250. The molecule has 1 saturated carbocycles. The van der Waals surface area contributed by atoms with E-state index in [1.807, 2.05) is 6.07 Å². The quantitative estimate of drug-likeness (QED) is 0.820. The standard InChI is InChI=1S/C17H15ClF3N3O/c18-15(5-6-15)16(25,10-24-11-23-9-13(24)8-22)7-12-3-1-2-4-14(12)17(19,20)21/h1-4,9,11,25H,5-7,10H2. The normalized spacial score (nSPS) is 18.4. The van der Waals surface area contributed by atoms with E-state index in [0.29, 0.717) is 12.8 Å². The topological polar surface area (TPSA) is 61.8 Å². The van der Waals surface area contributed by atoms with Crippen LogP contribution in [0.3, 0.4) is 0 Å². The first-order valence-electron chi connectivity index (χ1n) is 7.65. The Balaban J connectivity index is 1.98. The van der Waals surface area contributed by atoms with Crippen LogP contribution in [0.5, 0.6) is 0 Å². The van der Waals surface area contributed by atoms with Crippen LogP contribution in [-0.4, -0.2) is 25.1 Å². The van der Waals surface area contributed by atoms with Gasteiger partial charge in [-0.05, 0) is 24.5 Å². The highest BCUT2D eigenvalue weighted by molar-refractivity contribution is 6.26. The molecule has 0 aliphatic heterocycles. The maximum atomic E-state index is 13.3. The molecule has 0 bridgehead atoms. The first kappa shape index (κ1) is 17.8. The van der Waals surface area contributed by atoms with Gasteiger partial charge in [-0.3, -0.25) is 0 Å². The number of aliphatic hydroxyl groups is 1. The Bertz CT molecular complexity index is 823. The van der Waals surface area contributed by atoms with Crippen LogP contribution < -0.4 is 0 Å². The van der Waals surface area contributed by atoms with E-state index in [-0.39, 0.29) is 24.2 Å². The summed E-state index contributed by atoms with van der Waals surface area (Å²) in [5.41, 5.74) is -2.24. The second-order valence-electron chi connectivity index (χ2n) is 6.35. The average Bonchev–Trinajstić information content (AvgIpc) is 3.15. The molecule has 25 heavy (non-hydrogen) atoms. The maximum Gasteiger partial charge on any atom is 0.416 e. The molecule has 1 fully saturated rings. The van der Waals surface area contributed by atoms with Crippen LogP contribution in [0, 0.1) is 11.3 Å². The second-order valence-corrected chi connectivity index (χ2v) is 7.07. The van der Waals surface area contributed by atoms with Gasteiger partial charge in [-0.25, -0.2) is 4.98 Å². The summed E-state index contributed by atoms with van der Waals surface area (Å²) in [6, 6.07) is 7.07. The van der Waals surface area contributed by atoms with Crippen molar-refractivity contribution in [3.05, 3.63) is 53.6 Å². The first-order chi connectivity index (χ1) is 11.7. The number of imidazole rings is 1. The summed E-state index contributed by atoms with van der Waals surface area (Å²) < 4.78 is 41.2. The van der Waals surface area contributed by atoms with E-state index in [1.165, 1.54) is 35.3 Å². The minimum atomic E-state index is -4.52. The molecule has 1 unspecified atom stereocenters. The molecule has 1 aliphatic carbocycles. The average molecular weight is 370 g/mol. The van der Waals surface area contributed by atoms with Gasteiger partial charge in [-0.2, -0.15) is 18.4 Å². The van der Waals surface area contributed by atoms with Gasteiger partial charge in [-0.1, -0.05) is 18.2 Å². The van der Waals surface area contributed by atoms with Crippen LogP contribution in [0.1, 0.15) is 29.7 Å². The minimum Gasteiger partial charge on any atom is -0.386 e. The summed E-state index contributed by atoms with van der Waals surface area (Å²) >= 11 is 6.43. The van der Waals surface area contributed by atoms with E-state index in [0.717, 1.165) is 6.07 Å². The van der Waals surface area contributed by atoms with Crippen molar-refractivity contribution in [3.8, 4) is 6.07 Å². The number of benzene rings is 1. The highest BCUT2D eigenvalue weighted by Gasteiger charge is 2.58. The van der Waals surface area contributed by atoms with Gasteiger partial charge in [0.1, 0.15) is 17.4 Å². The van der Waals surface area contributed by atoms with Crippen molar-refractivity contribution in [1.82, 2.24) is 9.55 Å². The van der Waals surface area contributed by atoms with Crippen molar-refractivity contribution < 1.29 is 18.3 Å². The number of hydrogen-bond acceptors (Lipinski definition) is 3. The monoisotopic (exact) mass is 369 g/mol. The predicted molar refractivity (Wildman–Crippen MR) is 84.9 cm³/mol. The third-order valence-corrected chi connectivity index (χ3v) is 5.32. The fraction of sp³-hybridized carbons (Fsp3) is 0.412. The number of rotatable bonds is 5. The molecule has 3 rings (SSSR count). The molecule has 8 heteroatoms. The molecule has 1 atom stereocenters. The van der Waals surface area contributed by atoms with E-state index in [4.69, 9.17) is 16.9 Å². The largest absolute Gasteiger partial charge is 0.416 e. The van der Waals surface area contributed by atoms with Crippen molar-refractivity contribution in [2.24, 2.45) is 0 Å². The van der Waals surface area contributed by atoms with Crippen molar-refractivity contribution in [2.75, 3.05) is 0 Å². The van der Waals surface area contributed by atoms with Crippen molar-refractivity contribution in [1.29, 1.82) is 5.26 Å². The van der Waals surface area contributed by atoms with Gasteiger partial charge in [0.05, 0.1) is 29.5 Å².